The number of benzene rings is 2. The van der Waals surface area contributed by atoms with Crippen LogP contribution in [0.15, 0.2) is 54.6 Å². The Morgan fingerprint density at radius 1 is 0.767 bits per heavy atom. The summed E-state index contributed by atoms with van der Waals surface area (Å²) in [4.78, 5) is 38.5. The van der Waals surface area contributed by atoms with Crippen molar-refractivity contribution in [3.63, 3.8) is 0 Å². The van der Waals surface area contributed by atoms with Gasteiger partial charge in [-0.05, 0) is 62.1 Å². The topological polar surface area (TPSA) is 90.5 Å². The van der Waals surface area contributed by atoms with Crippen LogP contribution in [-0.4, -0.2) is 41.9 Å². The van der Waals surface area contributed by atoms with Crippen LogP contribution >= 0.6 is 0 Å². The molecule has 2 aromatic carbocycles. The smallest absolute Gasteiger partial charge is 0.319 e. The van der Waals surface area contributed by atoms with Gasteiger partial charge >= 0.3 is 6.03 Å². The zero-order valence-electron chi connectivity index (χ0n) is 16.8. The Kier molecular flexibility index (Phi) is 5.97. The number of carbonyl (C=O) groups excluding carboxylic acids is 3. The van der Waals surface area contributed by atoms with Crippen LogP contribution in [0.3, 0.4) is 0 Å². The predicted molar refractivity (Wildman–Crippen MR) is 115 cm³/mol. The minimum atomic E-state index is -0.227. The standard InChI is InChI=1S/C23H26N4O3/c28-21(16-6-7-16)24-19-10-8-17(9-11-19)22(29)27-14-12-20(13-15-27)26-23(30)25-18-4-2-1-3-5-18/h1-5,8-11,16,20H,6-7,12-15H2,(H,24,28)(H2,25,26,30). The quantitative estimate of drug-likeness (QED) is 0.710. The SMILES string of the molecule is O=C(Nc1ccccc1)NC1CCN(C(=O)c2ccc(NC(=O)C3CC3)cc2)CC1. The molecule has 156 valence electrons. The number of hydrogen-bond acceptors (Lipinski definition) is 3. The monoisotopic (exact) mass is 406 g/mol. The summed E-state index contributed by atoms with van der Waals surface area (Å²) in [6.07, 6.45) is 3.34. The van der Waals surface area contributed by atoms with Crippen LogP contribution in [0, 0.1) is 5.92 Å². The van der Waals surface area contributed by atoms with Gasteiger partial charge in [-0.3, -0.25) is 9.59 Å². The molecule has 4 amide bonds. The van der Waals surface area contributed by atoms with E-state index in [4.69, 9.17) is 0 Å². The number of urea groups is 1. The molecule has 1 saturated heterocycles. The van der Waals surface area contributed by atoms with Crippen LogP contribution in [0.5, 0.6) is 0 Å². The first kappa shape index (κ1) is 19.9. The zero-order valence-corrected chi connectivity index (χ0v) is 16.8. The molecule has 7 heteroatoms. The normalized spacial score (nSPS) is 16.6. The molecular formula is C23H26N4O3. The average Bonchev–Trinajstić information content (AvgIpc) is 3.61. The fraction of sp³-hybridized carbons (Fsp3) is 0.348. The lowest BCUT2D eigenvalue weighted by Gasteiger charge is -2.32. The molecule has 0 atom stereocenters. The molecule has 7 nitrogen and oxygen atoms in total. The molecule has 2 aromatic rings. The summed E-state index contributed by atoms with van der Waals surface area (Å²) in [6, 6.07) is 16.2. The van der Waals surface area contributed by atoms with Gasteiger partial charge < -0.3 is 20.9 Å². The van der Waals surface area contributed by atoms with Gasteiger partial charge in [0.05, 0.1) is 0 Å². The minimum absolute atomic E-state index is 0.0257. The highest BCUT2D eigenvalue weighted by molar-refractivity contribution is 5.97. The number of rotatable bonds is 5. The van der Waals surface area contributed by atoms with E-state index in [9.17, 15) is 14.4 Å². The summed E-state index contributed by atoms with van der Waals surface area (Å²) in [7, 11) is 0. The Balaban J connectivity index is 1.23. The molecule has 0 bridgehead atoms. The van der Waals surface area contributed by atoms with Crippen LogP contribution < -0.4 is 16.0 Å². The molecule has 2 aliphatic rings. The highest BCUT2D eigenvalue weighted by Crippen LogP contribution is 2.30. The Morgan fingerprint density at radius 2 is 1.40 bits per heavy atom. The summed E-state index contributed by atoms with van der Waals surface area (Å²) in [5.41, 5.74) is 2.07. The second-order valence-electron chi connectivity index (χ2n) is 7.87. The number of likely N-dealkylation sites (tertiary alicyclic amines) is 1. The first-order chi connectivity index (χ1) is 14.6. The summed E-state index contributed by atoms with van der Waals surface area (Å²) in [5.74, 6) is 0.179. The first-order valence-corrected chi connectivity index (χ1v) is 10.4. The Morgan fingerprint density at radius 3 is 2.03 bits per heavy atom. The molecule has 0 aromatic heterocycles. The van der Waals surface area contributed by atoms with Crippen LogP contribution in [0.1, 0.15) is 36.0 Å². The number of anilines is 2. The fourth-order valence-electron chi connectivity index (χ4n) is 3.57. The lowest BCUT2D eigenvalue weighted by molar-refractivity contribution is -0.117. The Bertz CT molecular complexity index is 902. The van der Waals surface area contributed by atoms with Crippen LogP contribution in [-0.2, 0) is 4.79 Å². The van der Waals surface area contributed by atoms with Crippen LogP contribution in [0.4, 0.5) is 16.2 Å². The summed E-state index contributed by atoms with van der Waals surface area (Å²) < 4.78 is 0. The summed E-state index contributed by atoms with van der Waals surface area (Å²) in [6.45, 7) is 1.19. The van der Waals surface area contributed by atoms with E-state index in [1.54, 1.807) is 24.3 Å². The lowest BCUT2D eigenvalue weighted by atomic mass is 10.0. The number of carbonyl (C=O) groups is 3. The molecule has 0 unspecified atom stereocenters. The van der Waals surface area contributed by atoms with Crippen molar-refractivity contribution in [2.75, 3.05) is 23.7 Å². The molecule has 1 aliphatic carbocycles. The van der Waals surface area contributed by atoms with Crippen molar-refractivity contribution >= 4 is 29.2 Å². The maximum absolute atomic E-state index is 12.8. The molecule has 1 aliphatic heterocycles. The lowest BCUT2D eigenvalue weighted by Crippen LogP contribution is -2.47. The molecule has 1 heterocycles. The molecular weight excluding hydrogens is 380 g/mol. The third-order valence-corrected chi connectivity index (χ3v) is 5.50. The number of amides is 4. The van der Waals surface area contributed by atoms with E-state index in [-0.39, 0.29) is 29.8 Å². The van der Waals surface area contributed by atoms with Gasteiger partial charge in [0.25, 0.3) is 5.91 Å². The van der Waals surface area contributed by atoms with Crippen molar-refractivity contribution < 1.29 is 14.4 Å². The maximum Gasteiger partial charge on any atom is 0.319 e. The van der Waals surface area contributed by atoms with Gasteiger partial charge in [-0.15, -0.1) is 0 Å². The van der Waals surface area contributed by atoms with E-state index in [1.165, 1.54) is 0 Å². The fourth-order valence-corrected chi connectivity index (χ4v) is 3.57. The van der Waals surface area contributed by atoms with Crippen molar-refractivity contribution in [3.8, 4) is 0 Å². The van der Waals surface area contributed by atoms with Crippen LogP contribution in [0.25, 0.3) is 0 Å². The van der Waals surface area contributed by atoms with Crippen molar-refractivity contribution in [2.45, 2.75) is 31.7 Å². The third-order valence-electron chi connectivity index (χ3n) is 5.50. The summed E-state index contributed by atoms with van der Waals surface area (Å²) >= 11 is 0. The Labute approximate surface area is 175 Å². The second-order valence-corrected chi connectivity index (χ2v) is 7.87. The first-order valence-electron chi connectivity index (χ1n) is 10.4. The average molecular weight is 406 g/mol. The number of nitrogens with one attached hydrogen (secondary N) is 3. The Hall–Kier alpha value is -3.35. The van der Waals surface area contributed by atoms with E-state index in [1.807, 2.05) is 35.2 Å². The molecule has 30 heavy (non-hydrogen) atoms. The van der Waals surface area contributed by atoms with Gasteiger partial charge in [-0.2, -0.15) is 0 Å². The molecule has 4 rings (SSSR count). The number of para-hydroxylation sites is 1. The maximum atomic E-state index is 12.8. The predicted octanol–water partition coefficient (Wildman–Crippen LogP) is 3.46. The molecule has 0 spiro atoms. The van der Waals surface area contributed by atoms with E-state index in [2.05, 4.69) is 16.0 Å². The van der Waals surface area contributed by atoms with Crippen molar-refractivity contribution in [3.05, 3.63) is 60.2 Å². The van der Waals surface area contributed by atoms with Gasteiger partial charge in [-0.25, -0.2) is 4.79 Å². The molecule has 1 saturated carbocycles. The van der Waals surface area contributed by atoms with Gasteiger partial charge in [-0.1, -0.05) is 18.2 Å². The van der Waals surface area contributed by atoms with Crippen molar-refractivity contribution in [1.82, 2.24) is 10.2 Å². The number of piperidine rings is 1. The summed E-state index contributed by atoms with van der Waals surface area (Å²) in [5, 5.41) is 8.68. The van der Waals surface area contributed by atoms with Gasteiger partial charge in [0.2, 0.25) is 5.91 Å². The number of nitrogens with zero attached hydrogens (tertiary/aromatic N) is 1. The highest BCUT2D eigenvalue weighted by atomic mass is 16.2. The third kappa shape index (κ3) is 5.17. The molecule has 0 radical (unpaired) electrons. The van der Waals surface area contributed by atoms with E-state index >= 15 is 0 Å². The largest absolute Gasteiger partial charge is 0.338 e. The van der Waals surface area contributed by atoms with Crippen molar-refractivity contribution in [2.24, 2.45) is 5.92 Å². The molecule has 2 fully saturated rings. The zero-order chi connectivity index (χ0) is 20.9. The van der Waals surface area contributed by atoms with Gasteiger partial charge in [0.1, 0.15) is 0 Å². The van der Waals surface area contributed by atoms with Crippen molar-refractivity contribution in [1.29, 1.82) is 0 Å². The molecule has 3 N–H and O–H groups in total. The van der Waals surface area contributed by atoms with E-state index in [0.29, 0.717) is 31.5 Å². The van der Waals surface area contributed by atoms with Crippen LogP contribution in [0.2, 0.25) is 0 Å². The van der Waals surface area contributed by atoms with Gasteiger partial charge in [0.15, 0.2) is 0 Å². The minimum Gasteiger partial charge on any atom is -0.338 e. The number of hydrogen-bond donors (Lipinski definition) is 3. The second kappa shape index (κ2) is 8.98. The van der Waals surface area contributed by atoms with E-state index in [0.717, 1.165) is 24.2 Å². The van der Waals surface area contributed by atoms with Gasteiger partial charge in [0, 0.05) is 42.0 Å². The highest BCUT2D eigenvalue weighted by Gasteiger charge is 2.29. The van der Waals surface area contributed by atoms with E-state index < -0.39 is 0 Å².